The van der Waals surface area contributed by atoms with Crippen LogP contribution < -0.4 is 5.32 Å². The maximum absolute atomic E-state index is 12.2. The fourth-order valence-electron chi connectivity index (χ4n) is 1.01. The van der Waals surface area contributed by atoms with Gasteiger partial charge in [-0.15, -0.1) is 0 Å². The smallest absolute Gasteiger partial charge is 0.375 e. The number of nitrogens with zero attached hydrogens (tertiary/aromatic N) is 1. The van der Waals surface area contributed by atoms with Crippen LogP contribution in [0.25, 0.3) is 0 Å². The van der Waals surface area contributed by atoms with Gasteiger partial charge in [0.25, 0.3) is 0 Å². The largest absolute Gasteiger partial charge is 0.431 e. The molecule has 2 unspecified atom stereocenters. The van der Waals surface area contributed by atoms with E-state index in [9.17, 15) is 13.2 Å². The minimum absolute atomic E-state index is 0.590. The lowest BCUT2D eigenvalue weighted by Crippen LogP contribution is -2.53. The fraction of sp³-hybridized carbons (Fsp3) is 0.667. The van der Waals surface area contributed by atoms with Gasteiger partial charge in [-0.2, -0.15) is 13.2 Å². The molecule has 1 aliphatic rings. The van der Waals surface area contributed by atoms with Crippen molar-refractivity contribution >= 4 is 0 Å². The molecule has 0 aromatic rings. The van der Waals surface area contributed by atoms with E-state index >= 15 is 0 Å². The minimum atomic E-state index is -4.57. The predicted molar refractivity (Wildman–Crippen MR) is 37.1 cm³/mol. The summed E-state index contributed by atoms with van der Waals surface area (Å²) in [6.45, 7) is 0. The van der Waals surface area contributed by atoms with E-state index in [2.05, 4.69) is 5.32 Å². The molecule has 0 spiro atoms. The Hall–Kier alpha value is -0.790. The molecule has 0 aromatic carbocycles. The molecule has 0 saturated heterocycles. The zero-order valence-corrected chi connectivity index (χ0v) is 6.71. The van der Waals surface area contributed by atoms with Crippen LogP contribution in [-0.2, 0) is 0 Å². The molecule has 13 heavy (non-hydrogen) atoms. The van der Waals surface area contributed by atoms with Crippen molar-refractivity contribution in [2.75, 3.05) is 7.05 Å². The van der Waals surface area contributed by atoms with Crippen LogP contribution in [0, 0.1) is 0 Å². The molecule has 1 rings (SSSR count). The van der Waals surface area contributed by atoms with Crippen molar-refractivity contribution in [2.45, 2.75) is 18.8 Å². The Labute approximate surface area is 72.3 Å². The lowest BCUT2D eigenvalue weighted by Gasteiger charge is -2.34. The zero-order chi connectivity index (χ0) is 10.2. The molecule has 7 heteroatoms. The number of hydrogen-bond donors (Lipinski definition) is 3. The summed E-state index contributed by atoms with van der Waals surface area (Å²) in [6.07, 6.45) is -7.00. The summed E-state index contributed by atoms with van der Waals surface area (Å²) >= 11 is 0. The van der Waals surface area contributed by atoms with Crippen LogP contribution in [0.1, 0.15) is 0 Å². The molecule has 0 saturated carbocycles. The summed E-state index contributed by atoms with van der Waals surface area (Å²) in [6, 6.07) is 0. The third-order valence-electron chi connectivity index (χ3n) is 1.67. The quantitative estimate of drug-likeness (QED) is 0.494. The van der Waals surface area contributed by atoms with E-state index in [-0.39, 0.29) is 0 Å². The first-order chi connectivity index (χ1) is 5.82. The average molecular weight is 198 g/mol. The highest BCUT2D eigenvalue weighted by molar-refractivity contribution is 5.12. The molecule has 0 fully saturated rings. The van der Waals surface area contributed by atoms with E-state index in [1.54, 1.807) is 0 Å². The van der Waals surface area contributed by atoms with Crippen LogP contribution in [-0.4, -0.2) is 40.9 Å². The number of alkyl halides is 3. The van der Waals surface area contributed by atoms with Gasteiger partial charge in [-0.1, -0.05) is 0 Å². The van der Waals surface area contributed by atoms with Crippen molar-refractivity contribution < 1.29 is 23.4 Å². The van der Waals surface area contributed by atoms with Gasteiger partial charge in [0.2, 0.25) is 0 Å². The standard InChI is InChI=1S/C6H9F3N2O2/c1-11-3(6(7,8)9)2-4(12)10-5(11)13/h2,4-5,10,12-13H,1H3. The van der Waals surface area contributed by atoms with Crippen molar-refractivity contribution in [3.05, 3.63) is 11.8 Å². The Morgan fingerprint density at radius 1 is 1.46 bits per heavy atom. The molecule has 0 amide bonds. The number of halogens is 3. The molecule has 1 aliphatic heterocycles. The third kappa shape index (κ3) is 2.11. The minimum Gasteiger partial charge on any atom is -0.375 e. The van der Waals surface area contributed by atoms with E-state index in [1.807, 2.05) is 0 Å². The van der Waals surface area contributed by atoms with Crippen molar-refractivity contribution in [1.82, 2.24) is 10.2 Å². The molecular formula is C6H9F3N2O2. The molecule has 76 valence electrons. The normalized spacial score (nSPS) is 30.3. The first-order valence-corrected chi connectivity index (χ1v) is 3.46. The van der Waals surface area contributed by atoms with Gasteiger partial charge in [0.15, 0.2) is 6.35 Å². The third-order valence-corrected chi connectivity index (χ3v) is 1.67. The van der Waals surface area contributed by atoms with Crippen LogP contribution in [0.2, 0.25) is 0 Å². The van der Waals surface area contributed by atoms with Crippen LogP contribution in [0.15, 0.2) is 11.8 Å². The van der Waals surface area contributed by atoms with Crippen LogP contribution >= 0.6 is 0 Å². The van der Waals surface area contributed by atoms with Gasteiger partial charge < -0.3 is 15.1 Å². The lowest BCUT2D eigenvalue weighted by molar-refractivity contribution is -0.140. The zero-order valence-electron chi connectivity index (χ0n) is 6.71. The summed E-state index contributed by atoms with van der Waals surface area (Å²) < 4.78 is 36.5. The number of allylic oxidation sites excluding steroid dienone is 1. The van der Waals surface area contributed by atoms with Crippen molar-refractivity contribution in [1.29, 1.82) is 0 Å². The summed E-state index contributed by atoms with van der Waals surface area (Å²) in [5.41, 5.74) is -1.06. The van der Waals surface area contributed by atoms with Crippen LogP contribution in [0.3, 0.4) is 0 Å². The van der Waals surface area contributed by atoms with Crippen LogP contribution in [0.4, 0.5) is 13.2 Å². The summed E-state index contributed by atoms with van der Waals surface area (Å²) in [4.78, 5) is 0.590. The molecule has 3 N–H and O–H groups in total. The molecular weight excluding hydrogens is 189 g/mol. The first-order valence-electron chi connectivity index (χ1n) is 3.46. The molecule has 4 nitrogen and oxygen atoms in total. The number of hydrogen-bond acceptors (Lipinski definition) is 4. The van der Waals surface area contributed by atoms with Gasteiger partial charge in [0.1, 0.15) is 11.9 Å². The van der Waals surface area contributed by atoms with Crippen molar-refractivity contribution in [2.24, 2.45) is 0 Å². The van der Waals surface area contributed by atoms with Gasteiger partial charge >= 0.3 is 6.18 Å². The fourth-order valence-corrected chi connectivity index (χ4v) is 1.01. The molecule has 0 bridgehead atoms. The number of rotatable bonds is 0. The summed E-state index contributed by atoms with van der Waals surface area (Å²) in [5, 5.41) is 19.9. The summed E-state index contributed by atoms with van der Waals surface area (Å²) in [5.74, 6) is 0. The van der Waals surface area contributed by atoms with E-state index < -0.39 is 24.5 Å². The second kappa shape index (κ2) is 3.17. The van der Waals surface area contributed by atoms with E-state index in [4.69, 9.17) is 10.2 Å². The summed E-state index contributed by atoms with van der Waals surface area (Å²) in [7, 11) is 1.07. The molecule has 2 atom stereocenters. The number of nitrogens with one attached hydrogen (secondary N) is 1. The second-order valence-electron chi connectivity index (χ2n) is 2.65. The van der Waals surface area contributed by atoms with E-state index in [0.717, 1.165) is 7.05 Å². The Kier molecular flexibility index (Phi) is 2.51. The Bertz CT molecular complexity index is 228. The number of aliphatic hydroxyl groups excluding tert-OH is 2. The first kappa shape index (κ1) is 10.3. The van der Waals surface area contributed by atoms with Crippen LogP contribution in [0.5, 0.6) is 0 Å². The molecule has 0 radical (unpaired) electrons. The van der Waals surface area contributed by atoms with Gasteiger partial charge in [0.05, 0.1) is 0 Å². The maximum Gasteiger partial charge on any atom is 0.431 e. The van der Waals surface area contributed by atoms with Crippen molar-refractivity contribution in [3.8, 4) is 0 Å². The monoisotopic (exact) mass is 198 g/mol. The second-order valence-corrected chi connectivity index (χ2v) is 2.65. The predicted octanol–water partition coefficient (Wildman–Crippen LogP) is -0.438. The Balaban J connectivity index is 2.93. The Morgan fingerprint density at radius 3 is 2.46 bits per heavy atom. The average Bonchev–Trinajstić information content (AvgIpc) is 1.94. The highest BCUT2D eigenvalue weighted by Gasteiger charge is 2.41. The topological polar surface area (TPSA) is 55.7 Å². The maximum atomic E-state index is 12.2. The van der Waals surface area contributed by atoms with Crippen molar-refractivity contribution in [3.63, 3.8) is 0 Å². The molecule has 1 heterocycles. The van der Waals surface area contributed by atoms with Gasteiger partial charge in [-0.25, -0.2) is 5.32 Å². The Morgan fingerprint density at radius 2 is 2.00 bits per heavy atom. The number of aliphatic hydroxyl groups is 2. The highest BCUT2D eigenvalue weighted by Crippen LogP contribution is 2.30. The SMILES string of the molecule is CN1C(C(F)(F)F)=CC(O)NC1O. The van der Waals surface area contributed by atoms with E-state index in [1.165, 1.54) is 0 Å². The molecule has 0 aliphatic carbocycles. The lowest BCUT2D eigenvalue weighted by atomic mass is 10.3. The molecule has 0 aromatic heterocycles. The van der Waals surface area contributed by atoms with Gasteiger partial charge in [-0.05, 0) is 6.08 Å². The van der Waals surface area contributed by atoms with E-state index in [0.29, 0.717) is 11.0 Å². The van der Waals surface area contributed by atoms with Gasteiger partial charge in [-0.3, -0.25) is 0 Å². The highest BCUT2D eigenvalue weighted by atomic mass is 19.4. The van der Waals surface area contributed by atoms with Gasteiger partial charge in [0, 0.05) is 7.05 Å².